The van der Waals surface area contributed by atoms with Crippen LogP contribution in [0.3, 0.4) is 0 Å². The molecule has 2 nitrogen and oxygen atoms in total. The van der Waals surface area contributed by atoms with E-state index in [1.165, 1.54) is 43.2 Å². The van der Waals surface area contributed by atoms with Crippen molar-refractivity contribution >= 4 is 0 Å². The SMILES string of the molecule is COCc1ccc(CN[C@@H](C)C2CCCCC2)cc1. The Morgan fingerprint density at radius 3 is 2.37 bits per heavy atom. The van der Waals surface area contributed by atoms with Gasteiger partial charge in [-0.2, -0.15) is 0 Å². The predicted molar refractivity (Wildman–Crippen MR) is 80.0 cm³/mol. The molecule has 0 radical (unpaired) electrons. The standard InChI is InChI=1S/C17H27NO/c1-14(17-6-4-3-5-7-17)18-12-15-8-10-16(11-9-15)13-19-2/h8-11,14,17-18H,3-7,12-13H2,1-2H3/t14-/m0/s1. The molecule has 2 heteroatoms. The molecule has 19 heavy (non-hydrogen) atoms. The van der Waals surface area contributed by atoms with Crippen LogP contribution in [0.2, 0.25) is 0 Å². The van der Waals surface area contributed by atoms with Crippen molar-refractivity contribution in [2.24, 2.45) is 5.92 Å². The lowest BCUT2D eigenvalue weighted by atomic mass is 9.84. The van der Waals surface area contributed by atoms with Crippen molar-refractivity contribution in [1.29, 1.82) is 0 Å². The first-order valence-corrected chi connectivity index (χ1v) is 7.59. The maximum absolute atomic E-state index is 5.13. The van der Waals surface area contributed by atoms with Gasteiger partial charge in [0.2, 0.25) is 0 Å². The number of hydrogen-bond donors (Lipinski definition) is 1. The molecule has 106 valence electrons. The van der Waals surface area contributed by atoms with Crippen LogP contribution in [0.15, 0.2) is 24.3 Å². The van der Waals surface area contributed by atoms with E-state index >= 15 is 0 Å². The minimum absolute atomic E-state index is 0.638. The second kappa shape index (κ2) is 7.66. The number of benzene rings is 1. The van der Waals surface area contributed by atoms with Crippen LogP contribution in [0.5, 0.6) is 0 Å². The van der Waals surface area contributed by atoms with Crippen molar-refractivity contribution in [3.63, 3.8) is 0 Å². The molecule has 1 fully saturated rings. The van der Waals surface area contributed by atoms with E-state index in [0.717, 1.165) is 12.5 Å². The Kier molecular flexibility index (Phi) is 5.87. The van der Waals surface area contributed by atoms with Gasteiger partial charge in [-0.25, -0.2) is 0 Å². The van der Waals surface area contributed by atoms with Gasteiger partial charge in [-0.15, -0.1) is 0 Å². The van der Waals surface area contributed by atoms with Crippen molar-refractivity contribution in [3.8, 4) is 0 Å². The molecule has 1 saturated carbocycles. The monoisotopic (exact) mass is 261 g/mol. The maximum atomic E-state index is 5.13. The molecular weight excluding hydrogens is 234 g/mol. The van der Waals surface area contributed by atoms with Crippen molar-refractivity contribution < 1.29 is 4.74 Å². The van der Waals surface area contributed by atoms with Crippen LogP contribution < -0.4 is 5.32 Å². The summed E-state index contributed by atoms with van der Waals surface area (Å²) < 4.78 is 5.13. The van der Waals surface area contributed by atoms with Gasteiger partial charge in [-0.05, 0) is 36.8 Å². The number of hydrogen-bond acceptors (Lipinski definition) is 2. The van der Waals surface area contributed by atoms with Crippen molar-refractivity contribution in [2.75, 3.05) is 7.11 Å². The minimum Gasteiger partial charge on any atom is -0.380 e. The minimum atomic E-state index is 0.638. The first kappa shape index (κ1) is 14.5. The number of ether oxygens (including phenoxy) is 1. The van der Waals surface area contributed by atoms with Gasteiger partial charge >= 0.3 is 0 Å². The molecule has 0 saturated heterocycles. The largest absolute Gasteiger partial charge is 0.380 e. The van der Waals surface area contributed by atoms with Crippen molar-refractivity contribution in [1.82, 2.24) is 5.32 Å². The van der Waals surface area contributed by atoms with Crippen LogP contribution in [0, 0.1) is 5.92 Å². The van der Waals surface area contributed by atoms with Gasteiger partial charge in [-0.3, -0.25) is 0 Å². The zero-order valence-corrected chi connectivity index (χ0v) is 12.3. The van der Waals surface area contributed by atoms with Crippen LogP contribution in [-0.4, -0.2) is 13.2 Å². The Morgan fingerprint density at radius 1 is 1.11 bits per heavy atom. The molecule has 1 atom stereocenters. The number of methoxy groups -OCH3 is 1. The molecule has 0 unspecified atom stereocenters. The first-order chi connectivity index (χ1) is 9.29. The first-order valence-electron chi connectivity index (χ1n) is 7.59. The third-order valence-electron chi connectivity index (χ3n) is 4.32. The van der Waals surface area contributed by atoms with Crippen molar-refractivity contribution in [2.45, 2.75) is 58.2 Å². The van der Waals surface area contributed by atoms with Gasteiger partial charge in [-0.1, -0.05) is 43.5 Å². The Hall–Kier alpha value is -0.860. The fourth-order valence-corrected chi connectivity index (χ4v) is 3.00. The second-order valence-electron chi connectivity index (χ2n) is 5.82. The lowest BCUT2D eigenvalue weighted by Gasteiger charge is -2.28. The summed E-state index contributed by atoms with van der Waals surface area (Å²) in [5, 5.41) is 3.69. The Morgan fingerprint density at radius 2 is 1.74 bits per heavy atom. The van der Waals surface area contributed by atoms with Gasteiger partial charge in [0.1, 0.15) is 0 Å². The Bertz CT molecular complexity index is 354. The van der Waals surface area contributed by atoms with Crippen LogP contribution in [-0.2, 0) is 17.9 Å². The smallest absolute Gasteiger partial charge is 0.0713 e. The quantitative estimate of drug-likeness (QED) is 0.838. The third-order valence-corrected chi connectivity index (χ3v) is 4.32. The maximum Gasteiger partial charge on any atom is 0.0713 e. The molecule has 1 aliphatic rings. The molecule has 1 aromatic rings. The summed E-state index contributed by atoms with van der Waals surface area (Å²) in [7, 11) is 1.74. The number of nitrogens with one attached hydrogen (secondary N) is 1. The molecule has 0 aliphatic heterocycles. The molecule has 1 aromatic carbocycles. The topological polar surface area (TPSA) is 21.3 Å². The van der Waals surface area contributed by atoms with Gasteiger partial charge in [0.25, 0.3) is 0 Å². The highest BCUT2D eigenvalue weighted by Crippen LogP contribution is 2.26. The van der Waals surface area contributed by atoms with Crippen LogP contribution in [0.4, 0.5) is 0 Å². The molecular formula is C17H27NO. The highest BCUT2D eigenvalue weighted by Gasteiger charge is 2.19. The van der Waals surface area contributed by atoms with E-state index in [1.807, 2.05) is 0 Å². The van der Waals surface area contributed by atoms with Gasteiger partial charge in [0.05, 0.1) is 6.61 Å². The third kappa shape index (κ3) is 4.63. The highest BCUT2D eigenvalue weighted by molar-refractivity contribution is 5.21. The van der Waals surface area contributed by atoms with E-state index in [1.54, 1.807) is 7.11 Å². The van der Waals surface area contributed by atoms with E-state index in [-0.39, 0.29) is 0 Å². The summed E-state index contributed by atoms with van der Waals surface area (Å²) in [6, 6.07) is 9.36. The average molecular weight is 261 g/mol. The molecule has 0 heterocycles. The molecule has 1 N–H and O–H groups in total. The lowest BCUT2D eigenvalue weighted by Crippen LogP contribution is -2.34. The summed E-state index contributed by atoms with van der Waals surface area (Å²) in [5.41, 5.74) is 2.61. The van der Waals surface area contributed by atoms with E-state index in [4.69, 9.17) is 4.74 Å². The summed E-state index contributed by atoms with van der Waals surface area (Å²) >= 11 is 0. The molecule has 0 aromatic heterocycles. The Labute approximate surface area is 117 Å². The summed E-state index contributed by atoms with van der Waals surface area (Å²) in [6.07, 6.45) is 7.08. The normalized spacial score (nSPS) is 18.4. The fourth-order valence-electron chi connectivity index (χ4n) is 3.00. The summed E-state index contributed by atoms with van der Waals surface area (Å²) in [4.78, 5) is 0. The van der Waals surface area contributed by atoms with E-state index in [2.05, 4.69) is 36.5 Å². The van der Waals surface area contributed by atoms with Crippen molar-refractivity contribution in [3.05, 3.63) is 35.4 Å². The van der Waals surface area contributed by atoms with Gasteiger partial charge < -0.3 is 10.1 Å². The predicted octanol–water partition coefficient (Wildman–Crippen LogP) is 3.89. The van der Waals surface area contributed by atoms with Crippen LogP contribution in [0.1, 0.15) is 50.2 Å². The molecule has 0 amide bonds. The average Bonchev–Trinajstić information content (AvgIpc) is 2.47. The van der Waals surface area contributed by atoms with E-state index in [0.29, 0.717) is 12.6 Å². The van der Waals surface area contributed by atoms with E-state index < -0.39 is 0 Å². The lowest BCUT2D eigenvalue weighted by molar-refractivity contribution is 0.185. The molecule has 2 rings (SSSR count). The zero-order chi connectivity index (χ0) is 13.5. The summed E-state index contributed by atoms with van der Waals surface area (Å²) in [6.45, 7) is 4.02. The van der Waals surface area contributed by atoms with Crippen LogP contribution in [0.25, 0.3) is 0 Å². The van der Waals surface area contributed by atoms with Gasteiger partial charge in [0, 0.05) is 19.7 Å². The fraction of sp³-hybridized carbons (Fsp3) is 0.647. The van der Waals surface area contributed by atoms with Gasteiger partial charge in [0.15, 0.2) is 0 Å². The Balaban J connectivity index is 1.77. The molecule has 0 spiro atoms. The zero-order valence-electron chi connectivity index (χ0n) is 12.3. The van der Waals surface area contributed by atoms with Crippen LogP contribution >= 0.6 is 0 Å². The van der Waals surface area contributed by atoms with E-state index in [9.17, 15) is 0 Å². The highest BCUT2D eigenvalue weighted by atomic mass is 16.5. The summed E-state index contributed by atoms with van der Waals surface area (Å²) in [5.74, 6) is 0.876. The molecule has 0 bridgehead atoms. The molecule has 1 aliphatic carbocycles. The second-order valence-corrected chi connectivity index (χ2v) is 5.82. The number of rotatable bonds is 6.